The van der Waals surface area contributed by atoms with Crippen LogP contribution in [0.3, 0.4) is 0 Å². The minimum atomic E-state index is -0.717. The summed E-state index contributed by atoms with van der Waals surface area (Å²) in [6.07, 6.45) is 1.86. The van der Waals surface area contributed by atoms with E-state index in [-0.39, 0.29) is 5.56 Å². The normalized spacial score (nSPS) is 9.38. The number of halogens is 1. The summed E-state index contributed by atoms with van der Waals surface area (Å²) in [5.74, 6) is 5.88. The largest absolute Gasteiger partial charge is 0.337 e. The summed E-state index contributed by atoms with van der Waals surface area (Å²) in [6.45, 7) is 1.50. The zero-order valence-electron chi connectivity index (χ0n) is 8.54. The smallest absolute Gasteiger partial charge is 0.322 e. The van der Waals surface area contributed by atoms with Crippen LogP contribution in [0, 0.1) is 28.9 Å². The number of aromatic amines is 1. The van der Waals surface area contributed by atoms with E-state index in [1.54, 1.807) is 0 Å². The van der Waals surface area contributed by atoms with E-state index in [0.717, 1.165) is 0 Å². The lowest BCUT2D eigenvalue weighted by atomic mass is 10.1. The molecule has 0 unspecified atom stereocenters. The standard InChI is InChI=1S/C10H9ClN2O3/c1-7-8(4-2-3-5-11)6-12-10(14)9(7)13(15)16/h6H,3,5H2,1H3,(H,12,14). The summed E-state index contributed by atoms with van der Waals surface area (Å²) < 4.78 is 0. The van der Waals surface area contributed by atoms with Gasteiger partial charge >= 0.3 is 11.2 Å². The van der Waals surface area contributed by atoms with Gasteiger partial charge in [-0.15, -0.1) is 11.6 Å². The molecule has 0 aliphatic carbocycles. The number of nitro groups is 1. The van der Waals surface area contributed by atoms with Crippen LogP contribution >= 0.6 is 11.6 Å². The molecule has 5 nitrogen and oxygen atoms in total. The van der Waals surface area contributed by atoms with Crippen LogP contribution in [-0.2, 0) is 0 Å². The number of hydrogen-bond acceptors (Lipinski definition) is 3. The molecule has 0 aliphatic rings. The molecular weight excluding hydrogens is 232 g/mol. The fraction of sp³-hybridized carbons (Fsp3) is 0.300. The number of nitrogens with zero attached hydrogens (tertiary/aromatic N) is 1. The number of rotatable bonds is 2. The molecule has 6 heteroatoms. The van der Waals surface area contributed by atoms with Crippen LogP contribution in [-0.4, -0.2) is 15.8 Å². The SMILES string of the molecule is Cc1c(C#CCCCl)c[nH]c(=O)c1[N+](=O)[O-]. The van der Waals surface area contributed by atoms with Crippen LogP contribution in [0.25, 0.3) is 0 Å². The molecule has 1 aromatic rings. The minimum Gasteiger partial charge on any atom is -0.322 e. The van der Waals surface area contributed by atoms with Crippen molar-refractivity contribution >= 4 is 17.3 Å². The highest BCUT2D eigenvalue weighted by atomic mass is 35.5. The summed E-state index contributed by atoms with van der Waals surface area (Å²) in [6, 6.07) is 0. The first-order valence-electron chi connectivity index (χ1n) is 4.49. The van der Waals surface area contributed by atoms with Gasteiger partial charge in [-0.3, -0.25) is 14.9 Å². The Balaban J connectivity index is 3.26. The Bertz CT molecular complexity index is 525. The predicted molar refractivity (Wildman–Crippen MR) is 60.7 cm³/mol. The van der Waals surface area contributed by atoms with Crippen LogP contribution in [0.4, 0.5) is 5.69 Å². The fourth-order valence-electron chi connectivity index (χ4n) is 1.17. The van der Waals surface area contributed by atoms with Crippen molar-refractivity contribution in [2.75, 3.05) is 5.88 Å². The Kier molecular flexibility index (Phi) is 4.09. The molecule has 0 amide bonds. The zero-order chi connectivity index (χ0) is 12.1. The number of pyridine rings is 1. The van der Waals surface area contributed by atoms with Gasteiger partial charge in [0.1, 0.15) is 0 Å². The van der Waals surface area contributed by atoms with Crippen molar-refractivity contribution in [1.82, 2.24) is 4.98 Å². The third kappa shape index (κ3) is 2.61. The predicted octanol–water partition coefficient (Wildman–Crippen LogP) is 1.57. The molecule has 0 radical (unpaired) electrons. The molecule has 16 heavy (non-hydrogen) atoms. The summed E-state index contributed by atoms with van der Waals surface area (Å²) in [5.41, 5.74) is -0.463. The molecule has 1 rings (SSSR count). The highest BCUT2D eigenvalue weighted by Crippen LogP contribution is 2.14. The van der Waals surface area contributed by atoms with E-state index in [2.05, 4.69) is 16.8 Å². The van der Waals surface area contributed by atoms with Crippen LogP contribution in [0.15, 0.2) is 11.0 Å². The first-order valence-corrected chi connectivity index (χ1v) is 5.03. The highest BCUT2D eigenvalue weighted by molar-refractivity contribution is 6.18. The quantitative estimate of drug-likeness (QED) is 0.369. The van der Waals surface area contributed by atoms with Gasteiger partial charge in [0.15, 0.2) is 0 Å². The first kappa shape index (κ1) is 12.3. The van der Waals surface area contributed by atoms with E-state index in [4.69, 9.17) is 11.6 Å². The van der Waals surface area contributed by atoms with Crippen molar-refractivity contribution in [2.45, 2.75) is 13.3 Å². The fourth-order valence-corrected chi connectivity index (χ4v) is 1.26. The Morgan fingerprint density at radius 2 is 2.31 bits per heavy atom. The van der Waals surface area contributed by atoms with Crippen molar-refractivity contribution in [3.05, 3.63) is 37.8 Å². The lowest BCUT2D eigenvalue weighted by molar-refractivity contribution is -0.386. The summed E-state index contributed by atoms with van der Waals surface area (Å²) >= 11 is 5.45. The van der Waals surface area contributed by atoms with Gasteiger partial charge in [0.25, 0.3) is 0 Å². The van der Waals surface area contributed by atoms with E-state index < -0.39 is 16.2 Å². The number of aromatic nitrogens is 1. The molecule has 0 bridgehead atoms. The van der Waals surface area contributed by atoms with Crippen molar-refractivity contribution in [3.8, 4) is 11.8 Å². The van der Waals surface area contributed by atoms with Crippen molar-refractivity contribution in [3.63, 3.8) is 0 Å². The summed E-state index contributed by atoms with van der Waals surface area (Å²) in [7, 11) is 0. The van der Waals surface area contributed by atoms with Crippen molar-refractivity contribution in [2.24, 2.45) is 0 Å². The topological polar surface area (TPSA) is 76.0 Å². The van der Waals surface area contributed by atoms with Crippen LogP contribution in [0.5, 0.6) is 0 Å². The molecule has 0 spiro atoms. The van der Waals surface area contributed by atoms with Crippen molar-refractivity contribution in [1.29, 1.82) is 0 Å². The van der Waals surface area contributed by atoms with Crippen LogP contribution in [0.1, 0.15) is 17.5 Å². The van der Waals surface area contributed by atoms with Gasteiger partial charge in [-0.25, -0.2) is 0 Å². The first-order chi connectivity index (χ1) is 7.57. The van der Waals surface area contributed by atoms with E-state index in [1.165, 1.54) is 13.1 Å². The molecule has 1 aromatic heterocycles. The Hall–Kier alpha value is -1.80. The molecule has 0 atom stereocenters. The number of H-pyrrole nitrogens is 1. The third-order valence-electron chi connectivity index (χ3n) is 1.95. The van der Waals surface area contributed by atoms with Gasteiger partial charge in [-0.05, 0) is 6.92 Å². The maximum absolute atomic E-state index is 11.2. The van der Waals surface area contributed by atoms with E-state index in [0.29, 0.717) is 17.9 Å². The maximum atomic E-state index is 11.2. The second-order valence-corrected chi connectivity index (χ2v) is 3.38. The molecule has 0 aromatic carbocycles. The summed E-state index contributed by atoms with van der Waals surface area (Å²) in [5, 5.41) is 10.6. The summed E-state index contributed by atoms with van der Waals surface area (Å²) in [4.78, 5) is 23.4. The van der Waals surface area contributed by atoms with E-state index >= 15 is 0 Å². The van der Waals surface area contributed by atoms with Crippen molar-refractivity contribution < 1.29 is 4.92 Å². The second kappa shape index (κ2) is 5.33. The Labute approximate surface area is 96.6 Å². The third-order valence-corrected chi connectivity index (χ3v) is 2.14. The van der Waals surface area contributed by atoms with Gasteiger partial charge in [0, 0.05) is 24.1 Å². The second-order valence-electron chi connectivity index (χ2n) is 3.00. The minimum absolute atomic E-state index is 0.274. The van der Waals surface area contributed by atoms with Gasteiger partial charge < -0.3 is 4.98 Å². The highest BCUT2D eigenvalue weighted by Gasteiger charge is 2.18. The molecular formula is C10H9ClN2O3. The monoisotopic (exact) mass is 240 g/mol. The molecule has 1 heterocycles. The maximum Gasteiger partial charge on any atom is 0.337 e. The molecule has 0 fully saturated rings. The van der Waals surface area contributed by atoms with Crippen LogP contribution in [0.2, 0.25) is 0 Å². The lowest BCUT2D eigenvalue weighted by Gasteiger charge is -1.98. The molecule has 0 aliphatic heterocycles. The van der Waals surface area contributed by atoms with Crippen LogP contribution < -0.4 is 5.56 Å². The average Bonchev–Trinajstić information content (AvgIpc) is 2.21. The lowest BCUT2D eigenvalue weighted by Crippen LogP contribution is -2.13. The Morgan fingerprint density at radius 3 is 2.88 bits per heavy atom. The molecule has 0 saturated carbocycles. The molecule has 0 saturated heterocycles. The average molecular weight is 241 g/mol. The van der Waals surface area contributed by atoms with Gasteiger partial charge in [-0.2, -0.15) is 0 Å². The zero-order valence-corrected chi connectivity index (χ0v) is 9.30. The molecule has 84 valence electrons. The van der Waals surface area contributed by atoms with Gasteiger partial charge in [0.05, 0.1) is 10.5 Å². The van der Waals surface area contributed by atoms with Gasteiger partial charge in [-0.1, -0.05) is 11.8 Å². The molecule has 1 N–H and O–H groups in total. The number of nitrogens with one attached hydrogen (secondary N) is 1. The van der Waals surface area contributed by atoms with E-state index in [9.17, 15) is 14.9 Å². The number of hydrogen-bond donors (Lipinski definition) is 1. The number of alkyl halides is 1. The van der Waals surface area contributed by atoms with E-state index in [1.807, 2.05) is 0 Å². The van der Waals surface area contributed by atoms with Gasteiger partial charge in [0.2, 0.25) is 0 Å². The Morgan fingerprint density at radius 1 is 1.62 bits per heavy atom.